The Kier molecular flexibility index (Phi) is 6.44. The highest BCUT2D eigenvalue weighted by Gasteiger charge is 2.06. The van der Waals surface area contributed by atoms with Crippen LogP contribution in [0.3, 0.4) is 0 Å². The number of rotatable bonds is 8. The van der Waals surface area contributed by atoms with Crippen LogP contribution in [-0.4, -0.2) is 33.1 Å². The molecule has 0 amide bonds. The standard InChI is InChI=1S/C18H20ClNO3/c1-22-17-8-3-13(11-18(17)23-2)9-10-20-12-16(21)14-4-6-15(19)7-5-14/h3-8,11,20H,9-10,12H2,1-2H3. The highest BCUT2D eigenvalue weighted by Crippen LogP contribution is 2.27. The monoisotopic (exact) mass is 333 g/mol. The van der Waals surface area contributed by atoms with Gasteiger partial charge in [-0.1, -0.05) is 17.7 Å². The van der Waals surface area contributed by atoms with Gasteiger partial charge in [-0.2, -0.15) is 0 Å². The molecule has 0 radical (unpaired) electrons. The molecule has 0 saturated heterocycles. The van der Waals surface area contributed by atoms with Crippen molar-refractivity contribution in [2.75, 3.05) is 27.3 Å². The Morgan fingerprint density at radius 1 is 1.04 bits per heavy atom. The van der Waals surface area contributed by atoms with Gasteiger partial charge in [0.15, 0.2) is 17.3 Å². The van der Waals surface area contributed by atoms with Crippen LogP contribution in [0.4, 0.5) is 0 Å². The Morgan fingerprint density at radius 3 is 2.39 bits per heavy atom. The molecule has 2 rings (SSSR count). The number of ketones is 1. The van der Waals surface area contributed by atoms with Crippen LogP contribution < -0.4 is 14.8 Å². The molecule has 1 N–H and O–H groups in total. The highest BCUT2D eigenvalue weighted by molar-refractivity contribution is 6.30. The van der Waals surface area contributed by atoms with Crippen LogP contribution in [0.2, 0.25) is 5.02 Å². The summed E-state index contributed by atoms with van der Waals surface area (Å²) in [6, 6.07) is 12.7. The molecule has 0 spiro atoms. The molecule has 2 aromatic rings. The average molecular weight is 334 g/mol. The summed E-state index contributed by atoms with van der Waals surface area (Å²) in [5, 5.41) is 3.79. The Morgan fingerprint density at radius 2 is 1.74 bits per heavy atom. The van der Waals surface area contributed by atoms with Crippen LogP contribution >= 0.6 is 11.6 Å². The summed E-state index contributed by atoms with van der Waals surface area (Å²) in [6.07, 6.45) is 0.800. The quantitative estimate of drug-likeness (QED) is 0.594. The molecule has 23 heavy (non-hydrogen) atoms. The summed E-state index contributed by atoms with van der Waals surface area (Å²) < 4.78 is 10.5. The number of benzene rings is 2. The van der Waals surface area contributed by atoms with E-state index >= 15 is 0 Å². The largest absolute Gasteiger partial charge is 0.493 e. The van der Waals surface area contributed by atoms with Crippen molar-refractivity contribution in [3.8, 4) is 11.5 Å². The van der Waals surface area contributed by atoms with Crippen molar-refractivity contribution >= 4 is 17.4 Å². The second-order valence-electron chi connectivity index (χ2n) is 5.05. The molecule has 0 aromatic heterocycles. The Hall–Kier alpha value is -2.04. The van der Waals surface area contributed by atoms with Gasteiger partial charge in [-0.3, -0.25) is 4.79 Å². The Bertz CT molecular complexity index is 656. The molecule has 0 saturated carbocycles. The third-order valence-corrected chi connectivity index (χ3v) is 3.74. The van der Waals surface area contributed by atoms with Gasteiger partial charge in [-0.05, 0) is 54.9 Å². The van der Waals surface area contributed by atoms with E-state index in [1.807, 2.05) is 18.2 Å². The number of hydrogen-bond acceptors (Lipinski definition) is 4. The third kappa shape index (κ3) is 4.98. The fourth-order valence-corrected chi connectivity index (χ4v) is 2.33. The molecule has 0 aliphatic carbocycles. The number of methoxy groups -OCH3 is 2. The minimum Gasteiger partial charge on any atom is -0.493 e. The predicted octanol–water partition coefficient (Wildman–Crippen LogP) is 3.37. The van der Waals surface area contributed by atoms with Crippen molar-refractivity contribution < 1.29 is 14.3 Å². The Labute approximate surface area is 141 Å². The van der Waals surface area contributed by atoms with Crippen molar-refractivity contribution in [1.29, 1.82) is 0 Å². The molecule has 2 aromatic carbocycles. The first-order valence-corrected chi connectivity index (χ1v) is 7.72. The van der Waals surface area contributed by atoms with Gasteiger partial charge in [0.1, 0.15) is 0 Å². The smallest absolute Gasteiger partial charge is 0.176 e. The van der Waals surface area contributed by atoms with Crippen molar-refractivity contribution in [2.24, 2.45) is 0 Å². The second kappa shape index (κ2) is 8.56. The van der Waals surface area contributed by atoms with E-state index in [0.29, 0.717) is 35.2 Å². The lowest BCUT2D eigenvalue weighted by atomic mass is 10.1. The molecule has 0 heterocycles. The van der Waals surface area contributed by atoms with Gasteiger partial charge in [0.25, 0.3) is 0 Å². The SMILES string of the molecule is COc1ccc(CCNCC(=O)c2ccc(Cl)cc2)cc1OC. The van der Waals surface area contributed by atoms with Crippen LogP contribution in [0.1, 0.15) is 15.9 Å². The molecule has 4 nitrogen and oxygen atoms in total. The van der Waals surface area contributed by atoms with E-state index in [0.717, 1.165) is 12.0 Å². The van der Waals surface area contributed by atoms with Gasteiger partial charge in [0.05, 0.1) is 20.8 Å². The lowest BCUT2D eigenvalue weighted by molar-refractivity contribution is 0.0991. The van der Waals surface area contributed by atoms with Gasteiger partial charge in [0.2, 0.25) is 0 Å². The van der Waals surface area contributed by atoms with Gasteiger partial charge in [-0.15, -0.1) is 0 Å². The maximum absolute atomic E-state index is 12.0. The molecule has 0 aliphatic rings. The molecule has 122 valence electrons. The summed E-state index contributed by atoms with van der Waals surface area (Å²) in [7, 11) is 3.23. The first-order valence-electron chi connectivity index (χ1n) is 7.34. The van der Waals surface area contributed by atoms with Crippen molar-refractivity contribution in [3.63, 3.8) is 0 Å². The van der Waals surface area contributed by atoms with Gasteiger partial charge in [-0.25, -0.2) is 0 Å². The molecular weight excluding hydrogens is 314 g/mol. The second-order valence-corrected chi connectivity index (χ2v) is 5.48. The van der Waals surface area contributed by atoms with E-state index in [4.69, 9.17) is 21.1 Å². The molecular formula is C18H20ClNO3. The van der Waals surface area contributed by atoms with Crippen LogP contribution in [-0.2, 0) is 6.42 Å². The van der Waals surface area contributed by atoms with E-state index in [-0.39, 0.29) is 5.78 Å². The van der Waals surface area contributed by atoms with Gasteiger partial charge < -0.3 is 14.8 Å². The maximum Gasteiger partial charge on any atom is 0.176 e. The van der Waals surface area contributed by atoms with E-state index in [9.17, 15) is 4.79 Å². The third-order valence-electron chi connectivity index (χ3n) is 3.49. The maximum atomic E-state index is 12.0. The normalized spacial score (nSPS) is 10.4. The van der Waals surface area contributed by atoms with E-state index in [2.05, 4.69) is 5.32 Å². The van der Waals surface area contributed by atoms with Crippen molar-refractivity contribution in [3.05, 3.63) is 58.6 Å². The van der Waals surface area contributed by atoms with Crippen molar-refractivity contribution in [2.45, 2.75) is 6.42 Å². The zero-order chi connectivity index (χ0) is 16.7. The van der Waals surface area contributed by atoms with Crippen LogP contribution in [0.25, 0.3) is 0 Å². The number of ether oxygens (including phenoxy) is 2. The minimum absolute atomic E-state index is 0.0500. The van der Waals surface area contributed by atoms with E-state index in [1.54, 1.807) is 38.5 Å². The number of hydrogen-bond donors (Lipinski definition) is 1. The first-order chi connectivity index (χ1) is 11.1. The summed E-state index contributed by atoms with van der Waals surface area (Å²) in [6.45, 7) is 1.00. The number of nitrogens with one attached hydrogen (secondary N) is 1. The number of carbonyl (C=O) groups excluding carboxylic acids is 1. The van der Waals surface area contributed by atoms with Crippen LogP contribution in [0, 0.1) is 0 Å². The minimum atomic E-state index is 0.0500. The molecule has 0 atom stereocenters. The number of Topliss-reactive ketones (excluding diaryl/α,β-unsaturated/α-hetero) is 1. The highest BCUT2D eigenvalue weighted by atomic mass is 35.5. The van der Waals surface area contributed by atoms with Gasteiger partial charge >= 0.3 is 0 Å². The molecule has 0 aliphatic heterocycles. The fourth-order valence-electron chi connectivity index (χ4n) is 2.21. The predicted molar refractivity (Wildman–Crippen MR) is 91.9 cm³/mol. The zero-order valence-corrected chi connectivity index (χ0v) is 14.0. The summed E-state index contributed by atoms with van der Waals surface area (Å²) in [5.74, 6) is 1.47. The molecule has 0 bridgehead atoms. The topological polar surface area (TPSA) is 47.6 Å². The zero-order valence-electron chi connectivity index (χ0n) is 13.3. The Balaban J connectivity index is 1.81. The summed E-state index contributed by atoms with van der Waals surface area (Å²) >= 11 is 5.81. The molecule has 0 unspecified atom stereocenters. The summed E-state index contributed by atoms with van der Waals surface area (Å²) in [5.41, 5.74) is 1.78. The summed E-state index contributed by atoms with van der Waals surface area (Å²) in [4.78, 5) is 12.0. The lowest BCUT2D eigenvalue weighted by Gasteiger charge is -2.10. The lowest BCUT2D eigenvalue weighted by Crippen LogP contribution is -2.25. The number of halogens is 1. The van der Waals surface area contributed by atoms with Crippen LogP contribution in [0.5, 0.6) is 11.5 Å². The molecule has 0 fully saturated rings. The van der Waals surface area contributed by atoms with E-state index in [1.165, 1.54) is 0 Å². The first kappa shape index (κ1) is 17.3. The van der Waals surface area contributed by atoms with Crippen LogP contribution in [0.15, 0.2) is 42.5 Å². The van der Waals surface area contributed by atoms with Crippen molar-refractivity contribution in [1.82, 2.24) is 5.32 Å². The average Bonchev–Trinajstić information content (AvgIpc) is 2.58. The van der Waals surface area contributed by atoms with Gasteiger partial charge in [0, 0.05) is 10.6 Å². The molecule has 5 heteroatoms. The number of carbonyl (C=O) groups is 1. The fraction of sp³-hybridized carbons (Fsp3) is 0.278. The van der Waals surface area contributed by atoms with E-state index < -0.39 is 0 Å².